The first kappa shape index (κ1) is 12.7. The maximum absolute atomic E-state index is 11.2. The normalized spacial score (nSPS) is 11.2. The fourth-order valence-electron chi connectivity index (χ4n) is 1.30. The van der Waals surface area contributed by atoms with E-state index in [4.69, 9.17) is 5.14 Å². The highest BCUT2D eigenvalue weighted by molar-refractivity contribution is 7.89. The van der Waals surface area contributed by atoms with Crippen LogP contribution in [0.1, 0.15) is 18.9 Å². The van der Waals surface area contributed by atoms with Crippen molar-refractivity contribution in [3.05, 3.63) is 23.8 Å². The van der Waals surface area contributed by atoms with Crippen LogP contribution in [0.5, 0.6) is 0 Å². The first-order valence-corrected chi connectivity index (χ1v) is 6.33. The second kappa shape index (κ2) is 4.63. The lowest BCUT2D eigenvalue weighted by atomic mass is 10.2. The van der Waals surface area contributed by atoms with Crippen molar-refractivity contribution in [1.29, 1.82) is 0 Å². The summed E-state index contributed by atoms with van der Waals surface area (Å²) in [6, 6.07) is 4.59. The zero-order valence-electron chi connectivity index (χ0n) is 9.15. The Kier molecular flexibility index (Phi) is 3.66. The smallest absolute Gasteiger partial charge is 0.238 e. The molecule has 0 aliphatic rings. The van der Waals surface area contributed by atoms with E-state index in [9.17, 15) is 13.2 Å². The van der Waals surface area contributed by atoms with Crippen LogP contribution in [0.25, 0.3) is 0 Å². The molecule has 0 aliphatic heterocycles. The van der Waals surface area contributed by atoms with Crippen molar-refractivity contribution in [3.63, 3.8) is 0 Å². The van der Waals surface area contributed by atoms with E-state index in [1.165, 1.54) is 12.1 Å². The van der Waals surface area contributed by atoms with Crippen LogP contribution in [0.3, 0.4) is 0 Å². The second-order valence-corrected chi connectivity index (χ2v) is 4.91. The van der Waals surface area contributed by atoms with Gasteiger partial charge in [0.25, 0.3) is 0 Å². The molecule has 6 heteroatoms. The Hall–Kier alpha value is -1.40. The van der Waals surface area contributed by atoms with E-state index >= 15 is 0 Å². The third-order valence-electron chi connectivity index (χ3n) is 2.19. The van der Waals surface area contributed by atoms with Crippen LogP contribution < -0.4 is 10.5 Å². The molecular weight excluding hydrogens is 228 g/mol. The summed E-state index contributed by atoms with van der Waals surface area (Å²) in [5.41, 5.74) is 0.921. The number of carbonyl (C=O) groups is 1. The number of carbonyl (C=O) groups excluding carboxylic acids is 1. The Bertz CT molecular complexity index is 509. The molecule has 0 atom stereocenters. The van der Waals surface area contributed by atoms with Gasteiger partial charge in [-0.15, -0.1) is 0 Å². The summed E-state index contributed by atoms with van der Waals surface area (Å²) in [6.07, 6.45) is 0.332. The van der Waals surface area contributed by atoms with E-state index in [0.717, 1.165) is 0 Å². The number of amides is 1. The summed E-state index contributed by atoms with van der Waals surface area (Å²) < 4.78 is 22.5. The summed E-state index contributed by atoms with van der Waals surface area (Å²) >= 11 is 0. The molecule has 5 nitrogen and oxygen atoms in total. The fraction of sp³-hybridized carbons (Fsp3) is 0.300. The molecule has 0 saturated heterocycles. The quantitative estimate of drug-likeness (QED) is 0.828. The monoisotopic (exact) mass is 242 g/mol. The van der Waals surface area contributed by atoms with Crippen molar-refractivity contribution in [2.75, 3.05) is 5.32 Å². The molecule has 0 aromatic heterocycles. The Morgan fingerprint density at radius 1 is 1.44 bits per heavy atom. The highest BCUT2D eigenvalue weighted by Crippen LogP contribution is 2.21. The van der Waals surface area contributed by atoms with Crippen LogP contribution in [0.15, 0.2) is 23.1 Å². The Morgan fingerprint density at radius 3 is 2.56 bits per heavy atom. The molecule has 1 aromatic carbocycles. The van der Waals surface area contributed by atoms with Crippen LogP contribution in [-0.4, -0.2) is 14.3 Å². The Balaban J connectivity index is 3.20. The van der Waals surface area contributed by atoms with E-state index < -0.39 is 10.0 Å². The third-order valence-corrected chi connectivity index (χ3v) is 3.24. The molecule has 0 radical (unpaired) electrons. The standard InChI is InChI=1S/C10H14N2O3S/c1-3-10(13)12-8-5-4-6-9(7(8)2)16(11,14)15/h4-6H,3H2,1-2H3,(H,12,13)(H2,11,14,15). The number of anilines is 1. The minimum absolute atomic E-state index is 0.0291. The van der Waals surface area contributed by atoms with Gasteiger partial charge in [-0.25, -0.2) is 13.6 Å². The van der Waals surface area contributed by atoms with Crippen molar-refractivity contribution in [2.45, 2.75) is 25.2 Å². The molecule has 0 bridgehead atoms. The zero-order valence-corrected chi connectivity index (χ0v) is 9.97. The molecule has 0 fully saturated rings. The van der Waals surface area contributed by atoms with Crippen LogP contribution in [0.4, 0.5) is 5.69 Å². The van der Waals surface area contributed by atoms with E-state index in [1.54, 1.807) is 19.9 Å². The van der Waals surface area contributed by atoms with Gasteiger partial charge in [-0.2, -0.15) is 0 Å². The maximum atomic E-state index is 11.2. The van der Waals surface area contributed by atoms with Gasteiger partial charge < -0.3 is 5.32 Å². The van der Waals surface area contributed by atoms with Crippen LogP contribution in [-0.2, 0) is 14.8 Å². The lowest BCUT2D eigenvalue weighted by Crippen LogP contribution is -2.16. The van der Waals surface area contributed by atoms with Crippen molar-refractivity contribution in [2.24, 2.45) is 5.14 Å². The predicted molar refractivity (Wildman–Crippen MR) is 61.5 cm³/mol. The molecule has 0 aliphatic carbocycles. The van der Waals surface area contributed by atoms with Crippen molar-refractivity contribution >= 4 is 21.6 Å². The topological polar surface area (TPSA) is 89.3 Å². The van der Waals surface area contributed by atoms with Crippen molar-refractivity contribution in [3.8, 4) is 0 Å². The average molecular weight is 242 g/mol. The SMILES string of the molecule is CCC(=O)Nc1cccc(S(N)(=O)=O)c1C. The van der Waals surface area contributed by atoms with Gasteiger partial charge in [-0.1, -0.05) is 13.0 Å². The molecule has 16 heavy (non-hydrogen) atoms. The van der Waals surface area contributed by atoms with E-state index in [-0.39, 0.29) is 10.8 Å². The number of hydrogen-bond acceptors (Lipinski definition) is 3. The number of hydrogen-bond donors (Lipinski definition) is 2. The Morgan fingerprint density at radius 2 is 2.06 bits per heavy atom. The van der Waals surface area contributed by atoms with Crippen molar-refractivity contribution < 1.29 is 13.2 Å². The molecule has 88 valence electrons. The van der Waals surface area contributed by atoms with Crippen LogP contribution >= 0.6 is 0 Å². The number of nitrogens with two attached hydrogens (primary N) is 1. The average Bonchev–Trinajstić information content (AvgIpc) is 2.19. The molecule has 0 unspecified atom stereocenters. The summed E-state index contributed by atoms with van der Waals surface area (Å²) in [5, 5.41) is 7.66. The van der Waals surface area contributed by atoms with E-state index in [2.05, 4.69) is 5.32 Å². The highest BCUT2D eigenvalue weighted by atomic mass is 32.2. The van der Waals surface area contributed by atoms with Gasteiger partial charge in [0.1, 0.15) is 0 Å². The fourth-order valence-corrected chi connectivity index (χ4v) is 2.10. The van der Waals surface area contributed by atoms with Gasteiger partial charge in [0.15, 0.2) is 0 Å². The molecule has 0 heterocycles. The summed E-state index contributed by atoms with van der Waals surface area (Å²) in [5.74, 6) is -0.172. The minimum atomic E-state index is -3.75. The molecule has 0 spiro atoms. The number of rotatable bonds is 3. The largest absolute Gasteiger partial charge is 0.326 e. The third kappa shape index (κ3) is 2.80. The molecule has 1 aromatic rings. The molecule has 0 saturated carbocycles. The zero-order chi connectivity index (χ0) is 12.3. The first-order valence-electron chi connectivity index (χ1n) is 4.78. The van der Waals surface area contributed by atoms with Gasteiger partial charge in [-0.3, -0.25) is 4.79 Å². The number of sulfonamides is 1. The number of benzene rings is 1. The van der Waals surface area contributed by atoms with Gasteiger partial charge >= 0.3 is 0 Å². The van der Waals surface area contributed by atoms with Gasteiger partial charge in [-0.05, 0) is 24.6 Å². The molecule has 3 N–H and O–H groups in total. The second-order valence-electron chi connectivity index (χ2n) is 3.38. The Labute approximate surface area is 94.7 Å². The lowest BCUT2D eigenvalue weighted by molar-refractivity contribution is -0.115. The predicted octanol–water partition coefficient (Wildman–Crippen LogP) is 0.991. The molecule has 1 rings (SSSR count). The van der Waals surface area contributed by atoms with Gasteiger partial charge in [0.05, 0.1) is 4.90 Å². The molecular formula is C10H14N2O3S. The minimum Gasteiger partial charge on any atom is -0.326 e. The maximum Gasteiger partial charge on any atom is 0.238 e. The summed E-state index contributed by atoms with van der Waals surface area (Å²) in [4.78, 5) is 11.2. The molecule has 1 amide bonds. The van der Waals surface area contributed by atoms with Crippen LogP contribution in [0, 0.1) is 6.92 Å². The van der Waals surface area contributed by atoms with Gasteiger partial charge in [0.2, 0.25) is 15.9 Å². The summed E-state index contributed by atoms with van der Waals surface area (Å²) in [7, 11) is -3.75. The van der Waals surface area contributed by atoms with Gasteiger partial charge in [0, 0.05) is 12.1 Å². The number of nitrogens with one attached hydrogen (secondary N) is 1. The van der Waals surface area contributed by atoms with Crippen LogP contribution in [0.2, 0.25) is 0 Å². The number of primary sulfonamides is 1. The van der Waals surface area contributed by atoms with Crippen molar-refractivity contribution in [1.82, 2.24) is 0 Å². The summed E-state index contributed by atoms with van der Waals surface area (Å²) in [6.45, 7) is 3.32. The van der Waals surface area contributed by atoms with E-state index in [1.807, 2.05) is 0 Å². The first-order chi connectivity index (χ1) is 7.36. The highest BCUT2D eigenvalue weighted by Gasteiger charge is 2.14. The van der Waals surface area contributed by atoms with E-state index in [0.29, 0.717) is 17.7 Å². The lowest BCUT2D eigenvalue weighted by Gasteiger charge is -2.10.